The summed E-state index contributed by atoms with van der Waals surface area (Å²) in [6.07, 6.45) is 16.9. The lowest BCUT2D eigenvalue weighted by Crippen LogP contribution is -2.24. The third kappa shape index (κ3) is 10.8. The SMILES string of the molecule is C=C/C(=C\C)c1ccc([C@@H](CCCC)CC(=C)/C(C)=C/C(/C=C2/CC(C(C)(C)C)CCC2=C)=C(C)C)cc1.CC. The second-order valence-corrected chi connectivity index (χ2v) is 12.6. The maximum atomic E-state index is 4.57. The second kappa shape index (κ2) is 17.3. The summed E-state index contributed by atoms with van der Waals surface area (Å²) in [6, 6.07) is 9.10. The summed E-state index contributed by atoms with van der Waals surface area (Å²) in [4.78, 5) is 0. The van der Waals surface area contributed by atoms with E-state index in [9.17, 15) is 0 Å². The monoisotopic (exact) mass is 540 g/mol. The lowest BCUT2D eigenvalue weighted by Gasteiger charge is -2.36. The van der Waals surface area contributed by atoms with Crippen molar-refractivity contribution in [2.45, 2.75) is 120 Å². The number of hydrogen-bond donors (Lipinski definition) is 0. The third-order valence-electron chi connectivity index (χ3n) is 8.42. The molecule has 0 aliphatic heterocycles. The number of hydrogen-bond acceptors (Lipinski definition) is 0. The van der Waals surface area contributed by atoms with Crippen LogP contribution in [0.1, 0.15) is 131 Å². The van der Waals surface area contributed by atoms with E-state index in [2.05, 4.69) is 118 Å². The maximum absolute atomic E-state index is 4.57. The molecule has 0 spiro atoms. The molecule has 2 atom stereocenters. The predicted molar refractivity (Wildman–Crippen MR) is 184 cm³/mol. The Morgan fingerprint density at radius 1 is 1.07 bits per heavy atom. The Kier molecular flexibility index (Phi) is 15.3. The molecule has 0 N–H and O–H groups in total. The first kappa shape index (κ1) is 35.4. The van der Waals surface area contributed by atoms with Crippen LogP contribution in [-0.4, -0.2) is 0 Å². The van der Waals surface area contributed by atoms with E-state index in [-0.39, 0.29) is 0 Å². The molecular weight excluding hydrogens is 480 g/mol. The summed E-state index contributed by atoms with van der Waals surface area (Å²) in [5.74, 6) is 1.19. The highest BCUT2D eigenvalue weighted by Gasteiger charge is 2.29. The van der Waals surface area contributed by atoms with Crippen molar-refractivity contribution >= 4 is 5.57 Å². The number of rotatable bonds is 11. The standard InChI is InChI=1S/C38H54.C2H6/c1-12-15-16-34(33-20-18-32(19-21-33)31(13-2)14-3)23-29(7)30(8)24-35(27(4)5)25-36-26-37(38(9,10)11)22-17-28(36)6;1-2/h13-14,18-21,24-25,34,37H,2,6-7,12,15-17,22-23,26H2,1,3-5,8-11H3;1-2H3/b30-24+,31-14+,36-25-;/t34-,37?;/m0./s1. The Balaban J connectivity index is 0.00000391. The molecule has 220 valence electrons. The molecular formula is C40H60. The summed E-state index contributed by atoms with van der Waals surface area (Å²) < 4.78 is 0. The van der Waals surface area contributed by atoms with E-state index in [0.29, 0.717) is 17.3 Å². The predicted octanol–water partition coefficient (Wildman–Crippen LogP) is 13.1. The van der Waals surface area contributed by atoms with Crippen LogP contribution in [0.3, 0.4) is 0 Å². The number of unbranched alkanes of at least 4 members (excludes halogenated alkanes) is 1. The van der Waals surface area contributed by atoms with E-state index < -0.39 is 0 Å². The van der Waals surface area contributed by atoms with Crippen LogP contribution >= 0.6 is 0 Å². The van der Waals surface area contributed by atoms with Gasteiger partial charge in [0.1, 0.15) is 0 Å². The molecule has 0 nitrogen and oxygen atoms in total. The van der Waals surface area contributed by atoms with Gasteiger partial charge in [-0.1, -0.05) is 139 Å². The summed E-state index contributed by atoms with van der Waals surface area (Å²) in [7, 11) is 0. The maximum Gasteiger partial charge on any atom is -0.0122 e. The Hall–Kier alpha value is -2.60. The molecule has 1 fully saturated rings. The van der Waals surface area contributed by atoms with Crippen LogP contribution in [0.5, 0.6) is 0 Å². The summed E-state index contributed by atoms with van der Waals surface area (Å²) in [5, 5.41) is 0. The van der Waals surface area contributed by atoms with Crippen LogP contribution in [0.2, 0.25) is 0 Å². The van der Waals surface area contributed by atoms with E-state index in [0.717, 1.165) is 19.3 Å². The van der Waals surface area contributed by atoms with Gasteiger partial charge < -0.3 is 0 Å². The molecule has 1 aromatic rings. The van der Waals surface area contributed by atoms with Gasteiger partial charge in [-0.3, -0.25) is 0 Å². The quantitative estimate of drug-likeness (QED) is 0.245. The number of benzene rings is 1. The Morgan fingerprint density at radius 2 is 1.70 bits per heavy atom. The molecule has 0 radical (unpaired) electrons. The highest BCUT2D eigenvalue weighted by Crippen LogP contribution is 2.42. The van der Waals surface area contributed by atoms with Gasteiger partial charge in [0.2, 0.25) is 0 Å². The lowest BCUT2D eigenvalue weighted by molar-refractivity contribution is 0.215. The van der Waals surface area contributed by atoms with Gasteiger partial charge in [0.05, 0.1) is 0 Å². The Labute approximate surface area is 249 Å². The van der Waals surface area contributed by atoms with Crippen molar-refractivity contribution in [3.05, 3.63) is 113 Å². The minimum atomic E-state index is 0.330. The minimum absolute atomic E-state index is 0.330. The van der Waals surface area contributed by atoms with Crippen LogP contribution in [0.25, 0.3) is 5.57 Å². The molecule has 2 rings (SSSR count). The van der Waals surface area contributed by atoms with Crippen molar-refractivity contribution < 1.29 is 0 Å². The zero-order valence-electron chi connectivity index (χ0n) is 27.8. The van der Waals surface area contributed by atoms with Crippen molar-refractivity contribution in [1.29, 1.82) is 0 Å². The van der Waals surface area contributed by atoms with Gasteiger partial charge in [-0.25, -0.2) is 0 Å². The van der Waals surface area contributed by atoms with Crippen molar-refractivity contribution in [2.24, 2.45) is 11.3 Å². The second-order valence-electron chi connectivity index (χ2n) is 12.6. The molecule has 1 aliphatic carbocycles. The molecule has 1 aliphatic rings. The summed E-state index contributed by atoms with van der Waals surface area (Å²) >= 11 is 0. The van der Waals surface area contributed by atoms with Gasteiger partial charge in [0.25, 0.3) is 0 Å². The fraction of sp³-hybridized carbons (Fsp3) is 0.500. The average molecular weight is 541 g/mol. The fourth-order valence-electron chi connectivity index (χ4n) is 5.42. The Morgan fingerprint density at radius 3 is 2.20 bits per heavy atom. The summed E-state index contributed by atoms with van der Waals surface area (Å²) in [5.41, 5.74) is 12.1. The molecule has 0 heteroatoms. The largest absolute Gasteiger partial charge is 0.0985 e. The molecule has 1 aromatic carbocycles. The first-order chi connectivity index (χ1) is 18.9. The van der Waals surface area contributed by atoms with Gasteiger partial charge in [0.15, 0.2) is 0 Å². The average Bonchev–Trinajstić information content (AvgIpc) is 2.93. The van der Waals surface area contributed by atoms with Crippen LogP contribution in [0.15, 0.2) is 102 Å². The normalized spacial score (nSPS) is 18.1. The smallest absolute Gasteiger partial charge is 0.0122 e. The van der Waals surface area contributed by atoms with Crippen molar-refractivity contribution in [3.63, 3.8) is 0 Å². The molecule has 0 saturated heterocycles. The molecule has 1 saturated carbocycles. The molecule has 0 heterocycles. The van der Waals surface area contributed by atoms with Crippen LogP contribution in [-0.2, 0) is 0 Å². The van der Waals surface area contributed by atoms with Gasteiger partial charge in [-0.2, -0.15) is 0 Å². The molecule has 0 amide bonds. The van der Waals surface area contributed by atoms with Crippen LogP contribution in [0, 0.1) is 11.3 Å². The minimum Gasteiger partial charge on any atom is -0.0985 e. The van der Waals surface area contributed by atoms with Crippen LogP contribution in [0.4, 0.5) is 0 Å². The highest BCUT2D eigenvalue weighted by atomic mass is 14.3. The van der Waals surface area contributed by atoms with Crippen molar-refractivity contribution in [3.8, 4) is 0 Å². The zero-order chi connectivity index (χ0) is 30.5. The van der Waals surface area contributed by atoms with E-state index in [1.165, 1.54) is 75.8 Å². The number of allylic oxidation sites excluding steroid dienone is 11. The molecule has 0 aromatic heterocycles. The van der Waals surface area contributed by atoms with E-state index in [4.69, 9.17) is 0 Å². The topological polar surface area (TPSA) is 0 Å². The third-order valence-corrected chi connectivity index (χ3v) is 8.42. The molecule has 1 unspecified atom stereocenters. The molecule has 0 bridgehead atoms. The van der Waals surface area contributed by atoms with Gasteiger partial charge in [0, 0.05) is 0 Å². The first-order valence-corrected chi connectivity index (χ1v) is 15.7. The molecule has 40 heavy (non-hydrogen) atoms. The zero-order valence-corrected chi connectivity index (χ0v) is 27.8. The van der Waals surface area contributed by atoms with Gasteiger partial charge in [-0.15, -0.1) is 0 Å². The van der Waals surface area contributed by atoms with Crippen molar-refractivity contribution in [1.82, 2.24) is 0 Å². The fourth-order valence-corrected chi connectivity index (χ4v) is 5.42. The van der Waals surface area contributed by atoms with Crippen molar-refractivity contribution in [2.75, 3.05) is 0 Å². The van der Waals surface area contributed by atoms with Gasteiger partial charge in [-0.05, 0) is 110 Å². The first-order valence-electron chi connectivity index (χ1n) is 15.7. The van der Waals surface area contributed by atoms with E-state index in [1.807, 2.05) is 19.9 Å². The summed E-state index contributed by atoms with van der Waals surface area (Å²) in [6.45, 7) is 35.1. The Bertz CT molecular complexity index is 1100. The van der Waals surface area contributed by atoms with Gasteiger partial charge >= 0.3 is 0 Å². The highest BCUT2D eigenvalue weighted by molar-refractivity contribution is 5.73. The van der Waals surface area contributed by atoms with Crippen LogP contribution < -0.4 is 0 Å². The van der Waals surface area contributed by atoms with E-state index in [1.54, 1.807) is 0 Å². The lowest BCUT2D eigenvalue weighted by atomic mass is 9.69. The van der Waals surface area contributed by atoms with E-state index >= 15 is 0 Å².